The van der Waals surface area contributed by atoms with E-state index in [-0.39, 0.29) is 12.7 Å². The van der Waals surface area contributed by atoms with Crippen LogP contribution >= 0.6 is 8.18 Å². The fourth-order valence-corrected chi connectivity index (χ4v) is 3.63. The van der Waals surface area contributed by atoms with Crippen LogP contribution in [0.15, 0.2) is 21.9 Å². The van der Waals surface area contributed by atoms with Crippen molar-refractivity contribution >= 4 is 14.1 Å². The average molecular weight is 435 g/mol. The smallest absolute Gasteiger partial charge is 0.330 e. The van der Waals surface area contributed by atoms with Crippen LogP contribution in [0.2, 0.25) is 0 Å². The molecule has 6 atom stereocenters. The Balaban J connectivity index is 2.00. The zero-order valence-electron chi connectivity index (χ0n) is 16.4. The summed E-state index contributed by atoms with van der Waals surface area (Å²) in [4.78, 5) is 36.9. The first-order valence-corrected chi connectivity index (χ1v) is 10.3. The minimum Gasteiger partial charge on any atom is -0.462 e. The normalized spacial score (nSPS) is 29.0. The molecule has 0 saturated carbocycles. The summed E-state index contributed by atoms with van der Waals surface area (Å²) >= 11 is 0. The quantitative estimate of drug-likeness (QED) is 0.290. The topological polar surface area (TPSA) is 169 Å². The van der Waals surface area contributed by atoms with Gasteiger partial charge in [-0.25, -0.2) is 9.88 Å². The van der Waals surface area contributed by atoms with Gasteiger partial charge < -0.3 is 24.2 Å². The number of hydrogen-bond donors (Lipinski definition) is 4. The second kappa shape index (κ2) is 9.33. The highest BCUT2D eigenvalue weighted by molar-refractivity contribution is 7.36. The Labute approximate surface area is 166 Å². The number of hydrogen-bond acceptors (Lipinski definition) is 9. The first-order valence-electron chi connectivity index (χ1n) is 8.94. The molecular formula is C16H26N3O9P. The monoisotopic (exact) mass is 435 g/mol. The number of aromatic nitrogens is 2. The molecule has 1 aromatic heterocycles. The van der Waals surface area contributed by atoms with Gasteiger partial charge >= 0.3 is 11.7 Å². The van der Waals surface area contributed by atoms with Gasteiger partial charge in [0, 0.05) is 12.3 Å². The summed E-state index contributed by atoms with van der Waals surface area (Å²) in [6.45, 7) is 5.69. The number of carbonyl (C=O) groups excluding carboxylic acids is 1. The van der Waals surface area contributed by atoms with Crippen LogP contribution < -0.4 is 16.3 Å². The third-order valence-corrected chi connectivity index (χ3v) is 5.37. The SMILES string of the molecule is CC(C)OC(=O)[C@@H](C)N[PH](=O)OC[C@H]1O[C@@H](n2ccc(=O)[nH]c2=O)[C@](C)(O)[C@@H]1O. The number of H-pyrrole nitrogens is 1. The van der Waals surface area contributed by atoms with Gasteiger partial charge in [-0.1, -0.05) is 0 Å². The molecule has 1 saturated heterocycles. The van der Waals surface area contributed by atoms with Crippen molar-refractivity contribution in [3.8, 4) is 0 Å². The lowest BCUT2D eigenvalue weighted by Crippen LogP contribution is -2.46. The molecule has 0 aromatic carbocycles. The summed E-state index contributed by atoms with van der Waals surface area (Å²) in [5.74, 6) is -0.598. The molecule has 1 aliphatic rings. The Kier molecular flexibility index (Phi) is 7.55. The maximum atomic E-state index is 12.1. The van der Waals surface area contributed by atoms with E-state index in [2.05, 4.69) is 5.09 Å². The number of aliphatic hydroxyl groups excluding tert-OH is 1. The van der Waals surface area contributed by atoms with E-state index in [1.54, 1.807) is 13.8 Å². The van der Waals surface area contributed by atoms with Gasteiger partial charge in [-0.15, -0.1) is 0 Å². The van der Waals surface area contributed by atoms with E-state index in [0.29, 0.717) is 0 Å². The van der Waals surface area contributed by atoms with Crippen molar-refractivity contribution < 1.29 is 33.6 Å². The van der Waals surface area contributed by atoms with Crippen LogP contribution in [-0.2, 0) is 23.4 Å². The Morgan fingerprint density at radius 2 is 2.10 bits per heavy atom. The minimum atomic E-state index is -2.90. The van der Waals surface area contributed by atoms with Gasteiger partial charge in [0.25, 0.3) is 13.7 Å². The van der Waals surface area contributed by atoms with E-state index in [1.807, 2.05) is 4.98 Å². The Morgan fingerprint density at radius 1 is 1.45 bits per heavy atom. The number of ether oxygens (including phenoxy) is 2. The maximum Gasteiger partial charge on any atom is 0.330 e. The van der Waals surface area contributed by atoms with Crippen molar-refractivity contribution in [2.24, 2.45) is 0 Å². The molecule has 164 valence electrons. The van der Waals surface area contributed by atoms with E-state index in [0.717, 1.165) is 16.8 Å². The maximum absolute atomic E-state index is 12.1. The standard InChI is InChI=1S/C16H26N3O9P/c1-8(2)27-13(22)9(3)18-29(25)26-7-10-12(21)16(4,24)14(28-10)19-6-5-11(20)17-15(19)23/h5-6,8-10,12,14,21,24,29H,7H2,1-4H3,(H,18,25)(H,17,20,23)/t9-,10-,12-,14-,16-/m1/s1. The molecule has 13 heteroatoms. The second-order valence-electron chi connectivity index (χ2n) is 7.17. The molecule has 0 amide bonds. The highest BCUT2D eigenvalue weighted by atomic mass is 31.1. The number of aliphatic hydroxyl groups is 2. The van der Waals surface area contributed by atoms with Crippen molar-refractivity contribution in [1.82, 2.24) is 14.6 Å². The highest BCUT2D eigenvalue weighted by Crippen LogP contribution is 2.38. The van der Waals surface area contributed by atoms with Crippen LogP contribution in [0.5, 0.6) is 0 Å². The average Bonchev–Trinajstić information content (AvgIpc) is 2.82. The van der Waals surface area contributed by atoms with E-state index < -0.39 is 55.5 Å². The van der Waals surface area contributed by atoms with Crippen LogP contribution in [0.4, 0.5) is 0 Å². The fourth-order valence-electron chi connectivity index (χ4n) is 2.76. The van der Waals surface area contributed by atoms with E-state index in [4.69, 9.17) is 14.0 Å². The molecule has 0 spiro atoms. The summed E-state index contributed by atoms with van der Waals surface area (Å²) in [5.41, 5.74) is -3.35. The van der Waals surface area contributed by atoms with Crippen LogP contribution in [0.25, 0.3) is 0 Å². The van der Waals surface area contributed by atoms with Gasteiger partial charge in [0.1, 0.15) is 23.9 Å². The van der Waals surface area contributed by atoms with E-state index in [9.17, 15) is 29.2 Å². The van der Waals surface area contributed by atoms with Crippen molar-refractivity contribution in [3.05, 3.63) is 33.1 Å². The third kappa shape index (κ3) is 5.62. The van der Waals surface area contributed by atoms with Crippen LogP contribution in [0.1, 0.15) is 33.9 Å². The third-order valence-electron chi connectivity index (χ3n) is 4.28. The summed E-state index contributed by atoms with van der Waals surface area (Å²) < 4.78 is 28.6. The van der Waals surface area contributed by atoms with Gasteiger partial charge in [0.15, 0.2) is 6.23 Å². The molecule has 4 N–H and O–H groups in total. The van der Waals surface area contributed by atoms with Crippen LogP contribution in [0.3, 0.4) is 0 Å². The molecule has 29 heavy (non-hydrogen) atoms. The Bertz CT molecular complexity index is 866. The highest BCUT2D eigenvalue weighted by Gasteiger charge is 2.53. The first kappa shape index (κ1) is 23.5. The number of nitrogens with one attached hydrogen (secondary N) is 2. The van der Waals surface area contributed by atoms with Crippen molar-refractivity contribution in [2.75, 3.05) is 6.61 Å². The van der Waals surface area contributed by atoms with Crippen molar-refractivity contribution in [1.29, 1.82) is 0 Å². The van der Waals surface area contributed by atoms with Gasteiger partial charge in [-0.05, 0) is 27.7 Å². The number of carbonyl (C=O) groups is 1. The second-order valence-corrected chi connectivity index (χ2v) is 8.32. The fraction of sp³-hybridized carbons (Fsp3) is 0.688. The summed E-state index contributed by atoms with van der Waals surface area (Å²) in [7, 11) is -2.90. The molecule has 1 unspecified atom stereocenters. The zero-order chi connectivity index (χ0) is 21.9. The van der Waals surface area contributed by atoms with Crippen LogP contribution in [-0.4, -0.2) is 62.3 Å². The predicted molar refractivity (Wildman–Crippen MR) is 101 cm³/mol. The number of aromatic amines is 1. The molecular weight excluding hydrogens is 409 g/mol. The summed E-state index contributed by atoms with van der Waals surface area (Å²) in [6.07, 6.45) is -3.12. The number of esters is 1. The minimum absolute atomic E-state index is 0.326. The van der Waals surface area contributed by atoms with Crippen molar-refractivity contribution in [2.45, 2.75) is 63.9 Å². The number of rotatable bonds is 8. The van der Waals surface area contributed by atoms with Gasteiger partial charge in [0.2, 0.25) is 0 Å². The van der Waals surface area contributed by atoms with Gasteiger partial charge in [0.05, 0.1) is 12.7 Å². The molecule has 1 fully saturated rings. The Hall–Kier alpha value is -1.82. The Morgan fingerprint density at radius 3 is 2.69 bits per heavy atom. The molecule has 12 nitrogen and oxygen atoms in total. The van der Waals surface area contributed by atoms with E-state index in [1.165, 1.54) is 13.8 Å². The van der Waals surface area contributed by atoms with E-state index >= 15 is 0 Å². The van der Waals surface area contributed by atoms with Crippen molar-refractivity contribution in [3.63, 3.8) is 0 Å². The van der Waals surface area contributed by atoms with Crippen LogP contribution in [0, 0.1) is 0 Å². The summed E-state index contributed by atoms with van der Waals surface area (Å²) in [6, 6.07) is 0.186. The zero-order valence-corrected chi connectivity index (χ0v) is 17.4. The molecule has 2 heterocycles. The summed E-state index contributed by atoms with van der Waals surface area (Å²) in [5, 5.41) is 23.4. The first-order chi connectivity index (χ1) is 13.4. The molecule has 0 bridgehead atoms. The predicted octanol–water partition coefficient (Wildman–Crippen LogP) is -1.12. The molecule has 0 aliphatic carbocycles. The molecule has 1 aromatic rings. The molecule has 2 rings (SSSR count). The lowest BCUT2D eigenvalue weighted by atomic mass is 9.96. The lowest BCUT2D eigenvalue weighted by molar-refractivity contribution is -0.149. The lowest BCUT2D eigenvalue weighted by Gasteiger charge is -2.27. The molecule has 0 radical (unpaired) electrons. The van der Waals surface area contributed by atoms with Gasteiger partial charge in [-0.3, -0.25) is 23.7 Å². The largest absolute Gasteiger partial charge is 0.462 e. The molecule has 1 aliphatic heterocycles. The number of nitrogens with zero attached hydrogens (tertiary/aromatic N) is 1. The van der Waals surface area contributed by atoms with Gasteiger partial charge in [-0.2, -0.15) is 0 Å².